The van der Waals surface area contributed by atoms with E-state index in [2.05, 4.69) is 20.2 Å². The highest BCUT2D eigenvalue weighted by molar-refractivity contribution is 6.42. The standard InChI is InChI=1S/C15H16Cl2N4/c16-12-5-4-11(10-13(12)17)19-14-6-7-18-15(20-14)21-8-2-1-3-9-21/h4-7,10H,1-3,8-9H2,(H,18,19,20). The minimum Gasteiger partial charge on any atom is -0.341 e. The molecule has 0 atom stereocenters. The number of hydrogen-bond donors (Lipinski definition) is 1. The quantitative estimate of drug-likeness (QED) is 0.902. The summed E-state index contributed by atoms with van der Waals surface area (Å²) in [5.74, 6) is 1.53. The van der Waals surface area contributed by atoms with Gasteiger partial charge in [0.25, 0.3) is 0 Å². The topological polar surface area (TPSA) is 41.1 Å². The van der Waals surface area contributed by atoms with Gasteiger partial charge in [-0.3, -0.25) is 0 Å². The Hall–Kier alpha value is -1.52. The molecular formula is C15H16Cl2N4. The van der Waals surface area contributed by atoms with Crippen LogP contribution in [-0.4, -0.2) is 23.1 Å². The van der Waals surface area contributed by atoms with E-state index in [1.54, 1.807) is 18.3 Å². The molecule has 1 aromatic heterocycles. The lowest BCUT2D eigenvalue weighted by Crippen LogP contribution is -2.31. The lowest BCUT2D eigenvalue weighted by Gasteiger charge is -2.26. The molecular weight excluding hydrogens is 307 g/mol. The van der Waals surface area contributed by atoms with Crippen LogP contribution in [0.25, 0.3) is 0 Å². The number of halogens is 2. The van der Waals surface area contributed by atoms with Crippen molar-refractivity contribution in [1.82, 2.24) is 9.97 Å². The molecule has 1 aromatic carbocycles. The van der Waals surface area contributed by atoms with Gasteiger partial charge in [-0.05, 0) is 43.5 Å². The van der Waals surface area contributed by atoms with E-state index in [0.29, 0.717) is 10.0 Å². The van der Waals surface area contributed by atoms with Crippen molar-refractivity contribution in [1.29, 1.82) is 0 Å². The molecule has 110 valence electrons. The normalized spacial score (nSPS) is 15.0. The number of benzene rings is 1. The van der Waals surface area contributed by atoms with Gasteiger partial charge in [-0.15, -0.1) is 0 Å². The van der Waals surface area contributed by atoms with Crippen LogP contribution in [0.15, 0.2) is 30.5 Å². The maximum absolute atomic E-state index is 6.02. The molecule has 3 rings (SSSR count). The molecule has 1 aliphatic heterocycles. The Morgan fingerprint density at radius 1 is 1.00 bits per heavy atom. The zero-order chi connectivity index (χ0) is 14.7. The summed E-state index contributed by atoms with van der Waals surface area (Å²) >= 11 is 11.9. The van der Waals surface area contributed by atoms with E-state index in [1.165, 1.54) is 19.3 Å². The Bertz CT molecular complexity index is 627. The third-order valence-electron chi connectivity index (χ3n) is 3.47. The second-order valence-electron chi connectivity index (χ2n) is 5.04. The van der Waals surface area contributed by atoms with Gasteiger partial charge in [-0.1, -0.05) is 23.2 Å². The highest BCUT2D eigenvalue weighted by Gasteiger charge is 2.13. The van der Waals surface area contributed by atoms with Gasteiger partial charge in [0.05, 0.1) is 10.0 Å². The SMILES string of the molecule is Clc1ccc(Nc2ccnc(N3CCCCC3)n2)cc1Cl. The van der Waals surface area contributed by atoms with Crippen LogP contribution in [0.1, 0.15) is 19.3 Å². The van der Waals surface area contributed by atoms with Crippen molar-refractivity contribution in [3.05, 3.63) is 40.5 Å². The lowest BCUT2D eigenvalue weighted by molar-refractivity contribution is 0.568. The summed E-state index contributed by atoms with van der Waals surface area (Å²) in [6, 6.07) is 7.26. The van der Waals surface area contributed by atoms with Crippen molar-refractivity contribution in [2.75, 3.05) is 23.3 Å². The fraction of sp³-hybridized carbons (Fsp3) is 0.333. The molecule has 6 heteroatoms. The number of nitrogens with zero attached hydrogens (tertiary/aromatic N) is 3. The van der Waals surface area contributed by atoms with Gasteiger partial charge in [0.1, 0.15) is 5.82 Å². The first-order valence-electron chi connectivity index (χ1n) is 7.02. The van der Waals surface area contributed by atoms with Gasteiger partial charge in [0, 0.05) is 25.0 Å². The lowest BCUT2D eigenvalue weighted by atomic mass is 10.1. The molecule has 1 fully saturated rings. The van der Waals surface area contributed by atoms with E-state index in [9.17, 15) is 0 Å². The predicted molar refractivity (Wildman–Crippen MR) is 87.8 cm³/mol. The molecule has 0 radical (unpaired) electrons. The maximum atomic E-state index is 6.02. The van der Waals surface area contributed by atoms with Crippen molar-refractivity contribution in [3.63, 3.8) is 0 Å². The van der Waals surface area contributed by atoms with Crippen LogP contribution in [0, 0.1) is 0 Å². The number of rotatable bonds is 3. The number of piperidine rings is 1. The van der Waals surface area contributed by atoms with Crippen molar-refractivity contribution in [3.8, 4) is 0 Å². The zero-order valence-corrected chi connectivity index (χ0v) is 13.0. The molecule has 0 unspecified atom stereocenters. The highest BCUT2D eigenvalue weighted by atomic mass is 35.5. The molecule has 21 heavy (non-hydrogen) atoms. The molecule has 2 heterocycles. The minimum atomic E-state index is 0.520. The van der Waals surface area contributed by atoms with Crippen LogP contribution >= 0.6 is 23.2 Å². The van der Waals surface area contributed by atoms with E-state index in [0.717, 1.165) is 30.5 Å². The Morgan fingerprint density at radius 3 is 2.57 bits per heavy atom. The summed E-state index contributed by atoms with van der Waals surface area (Å²) in [7, 11) is 0. The number of nitrogens with one attached hydrogen (secondary N) is 1. The summed E-state index contributed by atoms with van der Waals surface area (Å²) in [4.78, 5) is 11.2. The molecule has 1 aliphatic rings. The van der Waals surface area contributed by atoms with Gasteiger partial charge in [0.15, 0.2) is 0 Å². The molecule has 0 saturated carbocycles. The first kappa shape index (κ1) is 14.4. The molecule has 0 aliphatic carbocycles. The molecule has 0 amide bonds. The van der Waals surface area contributed by atoms with Crippen molar-refractivity contribution in [2.24, 2.45) is 0 Å². The van der Waals surface area contributed by atoms with E-state index < -0.39 is 0 Å². The van der Waals surface area contributed by atoms with Crippen LogP contribution in [0.4, 0.5) is 17.5 Å². The molecule has 0 bridgehead atoms. The monoisotopic (exact) mass is 322 g/mol. The summed E-state index contributed by atoms with van der Waals surface area (Å²) < 4.78 is 0. The zero-order valence-electron chi connectivity index (χ0n) is 11.5. The summed E-state index contributed by atoms with van der Waals surface area (Å²) in [6.45, 7) is 2.05. The van der Waals surface area contributed by atoms with Crippen LogP contribution in [0.2, 0.25) is 10.0 Å². The van der Waals surface area contributed by atoms with Crippen LogP contribution in [0.5, 0.6) is 0 Å². The van der Waals surface area contributed by atoms with Crippen molar-refractivity contribution >= 4 is 40.7 Å². The van der Waals surface area contributed by atoms with E-state index >= 15 is 0 Å². The smallest absolute Gasteiger partial charge is 0.227 e. The van der Waals surface area contributed by atoms with Gasteiger partial charge in [-0.25, -0.2) is 4.98 Å². The molecule has 0 spiro atoms. The third-order valence-corrected chi connectivity index (χ3v) is 4.21. The van der Waals surface area contributed by atoms with Gasteiger partial charge >= 0.3 is 0 Å². The molecule has 1 saturated heterocycles. The van der Waals surface area contributed by atoms with Crippen LogP contribution in [0.3, 0.4) is 0 Å². The van der Waals surface area contributed by atoms with Crippen molar-refractivity contribution in [2.45, 2.75) is 19.3 Å². The maximum Gasteiger partial charge on any atom is 0.227 e. The van der Waals surface area contributed by atoms with E-state index in [4.69, 9.17) is 23.2 Å². The fourth-order valence-corrected chi connectivity index (χ4v) is 2.68. The summed E-state index contributed by atoms with van der Waals surface area (Å²) in [5.41, 5.74) is 0.854. The average molecular weight is 323 g/mol. The first-order chi connectivity index (χ1) is 10.2. The second-order valence-corrected chi connectivity index (χ2v) is 5.86. The average Bonchev–Trinajstić information content (AvgIpc) is 2.52. The Kier molecular flexibility index (Phi) is 4.46. The van der Waals surface area contributed by atoms with E-state index in [1.807, 2.05) is 12.1 Å². The fourth-order valence-electron chi connectivity index (χ4n) is 2.39. The van der Waals surface area contributed by atoms with Gasteiger partial charge in [-0.2, -0.15) is 4.98 Å². The Balaban J connectivity index is 1.77. The first-order valence-corrected chi connectivity index (χ1v) is 7.78. The Labute approximate surface area is 134 Å². The second kappa shape index (κ2) is 6.50. The number of aromatic nitrogens is 2. The molecule has 1 N–H and O–H groups in total. The van der Waals surface area contributed by atoms with Gasteiger partial charge < -0.3 is 10.2 Å². The highest BCUT2D eigenvalue weighted by Crippen LogP contribution is 2.27. The summed E-state index contributed by atoms with van der Waals surface area (Å²) in [5, 5.41) is 4.29. The van der Waals surface area contributed by atoms with Crippen LogP contribution < -0.4 is 10.2 Å². The summed E-state index contributed by atoms with van der Waals surface area (Å²) in [6.07, 6.45) is 5.47. The van der Waals surface area contributed by atoms with Crippen LogP contribution in [-0.2, 0) is 0 Å². The Morgan fingerprint density at radius 2 is 1.81 bits per heavy atom. The number of hydrogen-bond acceptors (Lipinski definition) is 4. The van der Waals surface area contributed by atoms with Gasteiger partial charge in [0.2, 0.25) is 5.95 Å². The third kappa shape index (κ3) is 3.57. The molecule has 2 aromatic rings. The van der Waals surface area contributed by atoms with E-state index in [-0.39, 0.29) is 0 Å². The predicted octanol–water partition coefficient (Wildman–Crippen LogP) is 4.52. The molecule has 4 nitrogen and oxygen atoms in total. The minimum absolute atomic E-state index is 0.520. The number of anilines is 3. The van der Waals surface area contributed by atoms with Crippen molar-refractivity contribution < 1.29 is 0 Å². The largest absolute Gasteiger partial charge is 0.341 e.